The minimum absolute atomic E-state index is 0.0278. The molecule has 0 bridgehead atoms. The van der Waals surface area contributed by atoms with Gasteiger partial charge in [0.05, 0.1) is 16.1 Å². The number of halogens is 2. The van der Waals surface area contributed by atoms with Gasteiger partial charge in [-0.3, -0.25) is 11.3 Å². The minimum Gasteiger partial charge on any atom is -0.271 e. The van der Waals surface area contributed by atoms with Gasteiger partial charge in [-0.25, -0.2) is 0 Å². The van der Waals surface area contributed by atoms with Crippen molar-refractivity contribution in [1.29, 1.82) is 0 Å². The van der Waals surface area contributed by atoms with Crippen LogP contribution in [0.25, 0.3) is 0 Å². The average molecular weight is 313 g/mol. The quantitative estimate of drug-likeness (QED) is 0.491. The molecular weight excluding hydrogens is 299 g/mol. The van der Waals surface area contributed by atoms with Crippen LogP contribution in [0, 0.1) is 0 Å². The lowest BCUT2D eigenvalue weighted by Gasteiger charge is -2.16. The molecule has 0 spiro atoms. The van der Waals surface area contributed by atoms with E-state index in [1.54, 1.807) is 17.8 Å². The number of benzene rings is 2. The SMILES string of the molecule is NNC(CSc1ccccc1)c1ccc(Cl)c(Cl)c1. The number of nitrogens with two attached hydrogens (primary N) is 1. The van der Waals surface area contributed by atoms with Crippen molar-refractivity contribution in [3.8, 4) is 0 Å². The Balaban J connectivity index is 2.05. The second-order valence-corrected chi connectivity index (χ2v) is 5.92. The number of rotatable bonds is 5. The van der Waals surface area contributed by atoms with E-state index in [0.717, 1.165) is 11.3 Å². The number of hydrazine groups is 1. The highest BCUT2D eigenvalue weighted by molar-refractivity contribution is 7.99. The second kappa shape index (κ2) is 7.17. The summed E-state index contributed by atoms with van der Waals surface area (Å²) in [6.45, 7) is 0. The third-order valence-electron chi connectivity index (χ3n) is 2.71. The van der Waals surface area contributed by atoms with E-state index in [2.05, 4.69) is 17.6 Å². The van der Waals surface area contributed by atoms with Crippen LogP contribution >= 0.6 is 35.0 Å². The average Bonchev–Trinajstić information content (AvgIpc) is 2.44. The van der Waals surface area contributed by atoms with Gasteiger partial charge in [0, 0.05) is 10.6 Å². The summed E-state index contributed by atoms with van der Waals surface area (Å²) in [5.74, 6) is 6.44. The van der Waals surface area contributed by atoms with Crippen LogP contribution in [0.4, 0.5) is 0 Å². The Bertz CT molecular complexity index is 534. The Morgan fingerprint density at radius 2 is 1.79 bits per heavy atom. The summed E-state index contributed by atoms with van der Waals surface area (Å²) >= 11 is 13.7. The monoisotopic (exact) mass is 312 g/mol. The zero-order valence-electron chi connectivity index (χ0n) is 10.1. The first kappa shape index (κ1) is 14.7. The summed E-state index contributed by atoms with van der Waals surface area (Å²) in [4.78, 5) is 1.21. The van der Waals surface area contributed by atoms with E-state index in [9.17, 15) is 0 Å². The lowest BCUT2D eigenvalue weighted by atomic mass is 10.1. The molecule has 2 aromatic rings. The first-order chi connectivity index (χ1) is 9.20. The number of hydrogen-bond acceptors (Lipinski definition) is 3. The van der Waals surface area contributed by atoms with Crippen LogP contribution in [0.1, 0.15) is 11.6 Å². The van der Waals surface area contributed by atoms with Gasteiger partial charge in [-0.15, -0.1) is 11.8 Å². The van der Waals surface area contributed by atoms with Crippen LogP contribution < -0.4 is 11.3 Å². The molecule has 0 saturated carbocycles. The molecule has 0 aromatic heterocycles. The third kappa shape index (κ3) is 4.13. The van der Waals surface area contributed by atoms with Crippen molar-refractivity contribution in [2.45, 2.75) is 10.9 Å². The fraction of sp³-hybridized carbons (Fsp3) is 0.143. The number of thioether (sulfide) groups is 1. The molecule has 0 aliphatic carbocycles. The van der Waals surface area contributed by atoms with Gasteiger partial charge in [0.2, 0.25) is 0 Å². The van der Waals surface area contributed by atoms with E-state index < -0.39 is 0 Å². The normalized spacial score (nSPS) is 12.4. The fourth-order valence-electron chi connectivity index (χ4n) is 1.67. The molecule has 0 amide bonds. The number of hydrogen-bond donors (Lipinski definition) is 2. The lowest BCUT2D eigenvalue weighted by Crippen LogP contribution is -2.29. The van der Waals surface area contributed by atoms with E-state index in [4.69, 9.17) is 29.0 Å². The molecule has 19 heavy (non-hydrogen) atoms. The van der Waals surface area contributed by atoms with Crippen molar-refractivity contribution in [2.24, 2.45) is 5.84 Å². The first-order valence-corrected chi connectivity index (χ1v) is 7.54. The van der Waals surface area contributed by atoms with E-state index in [1.807, 2.05) is 30.3 Å². The minimum atomic E-state index is 0.0278. The van der Waals surface area contributed by atoms with E-state index in [1.165, 1.54) is 4.90 Å². The van der Waals surface area contributed by atoms with Crippen molar-refractivity contribution >= 4 is 35.0 Å². The Labute approximate surface area is 127 Å². The van der Waals surface area contributed by atoms with Gasteiger partial charge in [-0.2, -0.15) is 0 Å². The molecule has 3 N–H and O–H groups in total. The molecule has 1 atom stereocenters. The molecule has 2 nitrogen and oxygen atoms in total. The molecule has 0 heterocycles. The predicted octanol–water partition coefficient (Wildman–Crippen LogP) is 4.29. The zero-order chi connectivity index (χ0) is 13.7. The van der Waals surface area contributed by atoms with Crippen molar-refractivity contribution in [1.82, 2.24) is 5.43 Å². The summed E-state index contributed by atoms with van der Waals surface area (Å²) in [6, 6.07) is 15.8. The molecule has 0 radical (unpaired) electrons. The molecule has 0 saturated heterocycles. The molecule has 1 unspecified atom stereocenters. The molecule has 0 aliphatic rings. The summed E-state index contributed by atoms with van der Waals surface area (Å²) in [5, 5.41) is 1.10. The van der Waals surface area contributed by atoms with E-state index in [0.29, 0.717) is 10.0 Å². The lowest BCUT2D eigenvalue weighted by molar-refractivity contribution is 0.611. The highest BCUT2D eigenvalue weighted by Crippen LogP contribution is 2.28. The molecule has 0 fully saturated rings. The topological polar surface area (TPSA) is 38.0 Å². The maximum absolute atomic E-state index is 6.02. The Kier molecular flexibility index (Phi) is 5.55. The summed E-state index contributed by atoms with van der Waals surface area (Å²) in [7, 11) is 0. The largest absolute Gasteiger partial charge is 0.271 e. The highest BCUT2D eigenvalue weighted by atomic mass is 35.5. The number of nitrogens with one attached hydrogen (secondary N) is 1. The van der Waals surface area contributed by atoms with Crippen molar-refractivity contribution in [3.05, 3.63) is 64.1 Å². The Morgan fingerprint density at radius 3 is 2.42 bits per heavy atom. The summed E-state index contributed by atoms with van der Waals surface area (Å²) < 4.78 is 0. The van der Waals surface area contributed by atoms with Gasteiger partial charge < -0.3 is 0 Å². The molecule has 5 heteroatoms. The van der Waals surface area contributed by atoms with Crippen molar-refractivity contribution < 1.29 is 0 Å². The van der Waals surface area contributed by atoms with Gasteiger partial charge >= 0.3 is 0 Å². The van der Waals surface area contributed by atoms with Crippen LogP contribution in [0.2, 0.25) is 10.0 Å². The standard InChI is InChI=1S/C14H14Cl2N2S/c15-12-7-6-10(8-13(12)16)14(18-17)9-19-11-4-2-1-3-5-11/h1-8,14,18H,9,17H2. The summed E-state index contributed by atoms with van der Waals surface area (Å²) in [6.07, 6.45) is 0. The van der Waals surface area contributed by atoms with Gasteiger partial charge in [-0.1, -0.05) is 47.5 Å². The molecule has 100 valence electrons. The van der Waals surface area contributed by atoms with Crippen LogP contribution in [-0.4, -0.2) is 5.75 Å². The Hall–Kier alpha value is -0.710. The highest BCUT2D eigenvalue weighted by Gasteiger charge is 2.11. The maximum Gasteiger partial charge on any atom is 0.0595 e. The predicted molar refractivity (Wildman–Crippen MR) is 83.7 cm³/mol. The van der Waals surface area contributed by atoms with Gasteiger partial charge in [0.1, 0.15) is 0 Å². The van der Waals surface area contributed by atoms with Crippen LogP contribution in [0.5, 0.6) is 0 Å². The van der Waals surface area contributed by atoms with Crippen LogP contribution in [0.3, 0.4) is 0 Å². The zero-order valence-corrected chi connectivity index (χ0v) is 12.5. The molecule has 2 aromatic carbocycles. The van der Waals surface area contributed by atoms with Crippen molar-refractivity contribution in [2.75, 3.05) is 5.75 Å². The molecule has 2 rings (SSSR count). The van der Waals surface area contributed by atoms with Crippen LogP contribution in [0.15, 0.2) is 53.4 Å². The molecular formula is C14H14Cl2N2S. The smallest absolute Gasteiger partial charge is 0.0595 e. The maximum atomic E-state index is 6.02. The van der Waals surface area contributed by atoms with E-state index >= 15 is 0 Å². The van der Waals surface area contributed by atoms with Crippen LogP contribution in [-0.2, 0) is 0 Å². The second-order valence-electron chi connectivity index (χ2n) is 4.02. The molecule has 0 aliphatic heterocycles. The van der Waals surface area contributed by atoms with Crippen molar-refractivity contribution in [3.63, 3.8) is 0 Å². The fourth-order valence-corrected chi connectivity index (χ4v) is 2.97. The van der Waals surface area contributed by atoms with Gasteiger partial charge in [-0.05, 0) is 29.8 Å². The Morgan fingerprint density at radius 1 is 1.05 bits per heavy atom. The first-order valence-electron chi connectivity index (χ1n) is 5.79. The third-order valence-corrected chi connectivity index (χ3v) is 4.55. The van der Waals surface area contributed by atoms with E-state index in [-0.39, 0.29) is 6.04 Å². The van der Waals surface area contributed by atoms with Gasteiger partial charge in [0.25, 0.3) is 0 Å². The summed E-state index contributed by atoms with van der Waals surface area (Å²) in [5.41, 5.74) is 3.84. The van der Waals surface area contributed by atoms with Gasteiger partial charge in [0.15, 0.2) is 0 Å².